The Balaban J connectivity index is 2.12. The molecule has 1 aliphatic heterocycles. The first-order valence-corrected chi connectivity index (χ1v) is 7.15. The van der Waals surface area contributed by atoms with Crippen LogP contribution in [0.1, 0.15) is 25.8 Å². The molecule has 1 N–H and O–H groups in total. The molecule has 1 saturated heterocycles. The van der Waals surface area contributed by atoms with Gasteiger partial charge >= 0.3 is 0 Å². The zero-order valence-corrected chi connectivity index (χ0v) is 11.2. The van der Waals surface area contributed by atoms with Crippen LogP contribution in [0, 0.1) is 12.3 Å². The van der Waals surface area contributed by atoms with Crippen LogP contribution in [0.3, 0.4) is 0 Å². The molecule has 1 aliphatic rings. The van der Waals surface area contributed by atoms with E-state index in [4.69, 9.17) is 0 Å². The fourth-order valence-electron chi connectivity index (χ4n) is 2.10. The Kier molecular flexibility index (Phi) is 3.48. The summed E-state index contributed by atoms with van der Waals surface area (Å²) < 4.78 is 0. The van der Waals surface area contributed by atoms with E-state index in [1.807, 2.05) is 0 Å². The third kappa shape index (κ3) is 2.54. The summed E-state index contributed by atoms with van der Waals surface area (Å²) in [5, 5.41) is 3.72. The first kappa shape index (κ1) is 11.8. The number of para-hydroxylation sites is 1. The maximum Gasteiger partial charge on any atom is 0.0403 e. The topological polar surface area (TPSA) is 12.0 Å². The number of hydrogen-bond donors (Lipinski definition) is 1. The first-order valence-electron chi connectivity index (χ1n) is 5.99. The predicted octanol–water partition coefficient (Wildman–Crippen LogP) is 3.94. The summed E-state index contributed by atoms with van der Waals surface area (Å²) >= 11 is 2.07. The zero-order chi connectivity index (χ0) is 11.6. The average molecular weight is 235 g/mol. The molecule has 0 aliphatic carbocycles. The minimum absolute atomic E-state index is 0.410. The summed E-state index contributed by atoms with van der Waals surface area (Å²) in [6, 6.07) is 9.16. The van der Waals surface area contributed by atoms with E-state index in [1.54, 1.807) is 0 Å². The van der Waals surface area contributed by atoms with Crippen LogP contribution in [0.15, 0.2) is 24.3 Å². The van der Waals surface area contributed by atoms with E-state index in [0.717, 1.165) is 0 Å². The highest BCUT2D eigenvalue weighted by atomic mass is 32.2. The normalized spacial score (nSPS) is 24.1. The van der Waals surface area contributed by atoms with Crippen LogP contribution in [0.25, 0.3) is 0 Å². The summed E-state index contributed by atoms with van der Waals surface area (Å²) in [6.45, 7) is 6.93. The largest absolute Gasteiger partial charge is 0.381 e. The molecule has 1 unspecified atom stereocenters. The van der Waals surface area contributed by atoms with E-state index in [2.05, 4.69) is 62.1 Å². The van der Waals surface area contributed by atoms with E-state index in [-0.39, 0.29) is 0 Å². The molecule has 1 nitrogen and oxygen atoms in total. The monoisotopic (exact) mass is 235 g/mol. The van der Waals surface area contributed by atoms with Gasteiger partial charge in [0, 0.05) is 17.5 Å². The summed E-state index contributed by atoms with van der Waals surface area (Å²) in [6.07, 6.45) is 1.31. The van der Waals surface area contributed by atoms with Gasteiger partial charge in [-0.15, -0.1) is 0 Å². The maximum atomic E-state index is 3.72. The van der Waals surface area contributed by atoms with Crippen molar-refractivity contribution in [1.82, 2.24) is 0 Å². The van der Waals surface area contributed by atoms with Crippen LogP contribution in [0.2, 0.25) is 0 Å². The van der Waals surface area contributed by atoms with Crippen molar-refractivity contribution in [2.45, 2.75) is 33.2 Å². The number of nitrogens with one attached hydrogen (secondary N) is 1. The lowest BCUT2D eigenvalue weighted by atomic mass is 9.82. The van der Waals surface area contributed by atoms with Crippen molar-refractivity contribution in [2.24, 2.45) is 5.41 Å². The van der Waals surface area contributed by atoms with Crippen LogP contribution in [-0.2, 0) is 0 Å². The van der Waals surface area contributed by atoms with Gasteiger partial charge in [0.15, 0.2) is 0 Å². The van der Waals surface area contributed by atoms with Crippen LogP contribution >= 0.6 is 11.8 Å². The molecule has 0 saturated carbocycles. The quantitative estimate of drug-likeness (QED) is 0.833. The molecule has 88 valence electrons. The van der Waals surface area contributed by atoms with Gasteiger partial charge in [-0.1, -0.05) is 32.0 Å². The summed E-state index contributed by atoms with van der Waals surface area (Å²) in [4.78, 5) is 0. The van der Waals surface area contributed by atoms with Crippen LogP contribution in [0.5, 0.6) is 0 Å². The minimum atomic E-state index is 0.410. The molecule has 0 bridgehead atoms. The molecule has 1 fully saturated rings. The lowest BCUT2D eigenvalue weighted by molar-refractivity contribution is 0.305. The molecular formula is C14H21NS. The van der Waals surface area contributed by atoms with Gasteiger partial charge < -0.3 is 5.32 Å². The van der Waals surface area contributed by atoms with Crippen molar-refractivity contribution in [1.29, 1.82) is 0 Å². The molecule has 1 atom stereocenters. The van der Waals surface area contributed by atoms with Crippen molar-refractivity contribution in [3.8, 4) is 0 Å². The number of anilines is 1. The van der Waals surface area contributed by atoms with E-state index >= 15 is 0 Å². The number of thioether (sulfide) groups is 1. The Bertz CT molecular complexity index is 360. The molecule has 2 rings (SSSR count). The van der Waals surface area contributed by atoms with Gasteiger partial charge in [-0.3, -0.25) is 0 Å². The van der Waals surface area contributed by atoms with Gasteiger partial charge in [-0.25, -0.2) is 0 Å². The highest BCUT2D eigenvalue weighted by molar-refractivity contribution is 7.99. The molecule has 0 spiro atoms. The Morgan fingerprint density at radius 2 is 2.06 bits per heavy atom. The van der Waals surface area contributed by atoms with Gasteiger partial charge in [0.05, 0.1) is 0 Å². The van der Waals surface area contributed by atoms with Crippen LogP contribution in [-0.4, -0.2) is 17.5 Å². The van der Waals surface area contributed by atoms with Crippen molar-refractivity contribution < 1.29 is 0 Å². The molecule has 1 heterocycles. The van der Waals surface area contributed by atoms with E-state index in [1.165, 1.54) is 29.2 Å². The van der Waals surface area contributed by atoms with Crippen molar-refractivity contribution in [2.75, 3.05) is 16.8 Å². The van der Waals surface area contributed by atoms with E-state index in [0.29, 0.717) is 11.5 Å². The predicted molar refractivity (Wildman–Crippen MR) is 74.3 cm³/mol. The first-order chi connectivity index (χ1) is 7.59. The Labute approximate surface area is 103 Å². The van der Waals surface area contributed by atoms with Gasteiger partial charge in [-0.2, -0.15) is 11.8 Å². The number of benzene rings is 1. The smallest absolute Gasteiger partial charge is 0.0403 e. The maximum absolute atomic E-state index is 3.72. The number of rotatable bonds is 2. The second-order valence-electron chi connectivity index (χ2n) is 5.33. The molecule has 1 aromatic carbocycles. The molecule has 0 radical (unpaired) electrons. The van der Waals surface area contributed by atoms with E-state index < -0.39 is 0 Å². The van der Waals surface area contributed by atoms with Gasteiger partial charge in [-0.05, 0) is 36.1 Å². The molecule has 1 aromatic rings. The lowest BCUT2D eigenvalue weighted by Crippen LogP contribution is -2.41. The number of hydrogen-bond acceptors (Lipinski definition) is 2. The van der Waals surface area contributed by atoms with Crippen LogP contribution < -0.4 is 5.32 Å². The minimum Gasteiger partial charge on any atom is -0.381 e. The second kappa shape index (κ2) is 4.70. The fourth-order valence-corrected chi connectivity index (χ4v) is 3.70. The Hall–Kier alpha value is -0.630. The molecule has 0 amide bonds. The standard InChI is InChI=1S/C14H21NS/c1-11-6-4-5-7-12(11)15-13-10-16-9-8-14(13,2)3/h4-7,13,15H,8-10H2,1-3H3. The Morgan fingerprint density at radius 1 is 1.31 bits per heavy atom. The number of aryl methyl sites for hydroxylation is 1. The fraction of sp³-hybridized carbons (Fsp3) is 0.571. The third-order valence-corrected chi connectivity index (χ3v) is 4.66. The molecular weight excluding hydrogens is 214 g/mol. The van der Waals surface area contributed by atoms with E-state index in [9.17, 15) is 0 Å². The highest BCUT2D eigenvalue weighted by Gasteiger charge is 2.32. The molecule has 2 heteroatoms. The zero-order valence-electron chi connectivity index (χ0n) is 10.4. The van der Waals surface area contributed by atoms with Crippen molar-refractivity contribution in [3.05, 3.63) is 29.8 Å². The molecule has 16 heavy (non-hydrogen) atoms. The third-order valence-electron chi connectivity index (χ3n) is 3.59. The Morgan fingerprint density at radius 3 is 2.75 bits per heavy atom. The van der Waals surface area contributed by atoms with Gasteiger partial charge in [0.1, 0.15) is 0 Å². The average Bonchev–Trinajstić information content (AvgIpc) is 2.24. The van der Waals surface area contributed by atoms with Crippen molar-refractivity contribution >= 4 is 17.4 Å². The van der Waals surface area contributed by atoms with Crippen molar-refractivity contribution in [3.63, 3.8) is 0 Å². The van der Waals surface area contributed by atoms with Crippen LogP contribution in [0.4, 0.5) is 5.69 Å². The van der Waals surface area contributed by atoms with Gasteiger partial charge in [0.25, 0.3) is 0 Å². The van der Waals surface area contributed by atoms with Gasteiger partial charge in [0.2, 0.25) is 0 Å². The lowest BCUT2D eigenvalue weighted by Gasteiger charge is -2.39. The summed E-state index contributed by atoms with van der Waals surface area (Å²) in [7, 11) is 0. The summed E-state index contributed by atoms with van der Waals surface area (Å²) in [5.74, 6) is 2.53. The highest BCUT2D eigenvalue weighted by Crippen LogP contribution is 2.36. The SMILES string of the molecule is Cc1ccccc1NC1CSCCC1(C)C. The summed E-state index contributed by atoms with van der Waals surface area (Å²) in [5.41, 5.74) is 3.05. The molecule has 0 aromatic heterocycles. The second-order valence-corrected chi connectivity index (χ2v) is 6.48.